The van der Waals surface area contributed by atoms with E-state index in [4.69, 9.17) is 11.6 Å². The molecule has 9 nitrogen and oxygen atoms in total. The number of carbonyl (C=O) groups excluding carboxylic acids is 3. The van der Waals surface area contributed by atoms with E-state index in [0.29, 0.717) is 29.2 Å². The second-order valence-electron chi connectivity index (χ2n) is 9.06. The fourth-order valence-electron chi connectivity index (χ4n) is 6.41. The smallest absolute Gasteiger partial charge is 0.269 e. The van der Waals surface area contributed by atoms with Crippen LogP contribution in [-0.4, -0.2) is 40.1 Å². The van der Waals surface area contributed by atoms with Crippen LogP contribution in [0, 0.1) is 28.9 Å². The molecule has 10 heteroatoms. The molecule has 0 aromatic heterocycles. The van der Waals surface area contributed by atoms with Crippen molar-refractivity contribution in [1.82, 2.24) is 4.90 Å². The van der Waals surface area contributed by atoms with E-state index >= 15 is 0 Å². The SMILES string of the molecule is Cc1cc(Cl)cc2c1NC(=O)[C@@]21[C@@H]2C(=O)N(c3ccc([N+](=O)[O-])cc3)C(=O)[C@@H]2[C@H]2CCCN21. The van der Waals surface area contributed by atoms with Crippen LogP contribution in [-0.2, 0) is 19.9 Å². The van der Waals surface area contributed by atoms with Gasteiger partial charge in [0.15, 0.2) is 0 Å². The van der Waals surface area contributed by atoms with Gasteiger partial charge in [-0.25, -0.2) is 4.90 Å². The standard InChI is InChI=1S/C23H19ClN4O5/c1-11-9-12(24)10-15-19(11)25-22(31)23(15)18-17(16-3-2-8-26(16)23)20(29)27(21(18)30)13-4-6-14(7-5-13)28(32)33/h4-7,9-10,16-18H,2-3,8H2,1H3,(H,25,31)/t16-,17-,18+,23+/m1/s1. The number of halogens is 1. The van der Waals surface area contributed by atoms with Crippen LogP contribution in [0.15, 0.2) is 36.4 Å². The molecule has 4 atom stereocenters. The Balaban J connectivity index is 1.53. The first kappa shape index (κ1) is 20.3. The average molecular weight is 467 g/mol. The van der Waals surface area contributed by atoms with Crippen LogP contribution >= 0.6 is 11.6 Å². The maximum atomic E-state index is 13.9. The Hall–Kier alpha value is -3.30. The number of fused-ring (bicyclic) bond motifs is 7. The molecule has 4 heterocycles. The number of hydrogen-bond acceptors (Lipinski definition) is 6. The molecule has 1 N–H and O–H groups in total. The summed E-state index contributed by atoms with van der Waals surface area (Å²) in [6.07, 6.45) is 1.52. The first-order valence-electron chi connectivity index (χ1n) is 10.8. The first-order valence-corrected chi connectivity index (χ1v) is 11.2. The Labute approximate surface area is 193 Å². The van der Waals surface area contributed by atoms with Gasteiger partial charge in [-0.1, -0.05) is 11.6 Å². The van der Waals surface area contributed by atoms with Crippen molar-refractivity contribution in [2.24, 2.45) is 11.8 Å². The minimum atomic E-state index is -1.31. The van der Waals surface area contributed by atoms with Gasteiger partial charge >= 0.3 is 0 Å². The van der Waals surface area contributed by atoms with Gasteiger partial charge < -0.3 is 5.32 Å². The van der Waals surface area contributed by atoms with E-state index < -0.39 is 28.2 Å². The van der Waals surface area contributed by atoms with Gasteiger partial charge in [-0.15, -0.1) is 0 Å². The zero-order chi connectivity index (χ0) is 23.2. The molecule has 6 rings (SSSR count). The third-order valence-electron chi connectivity index (χ3n) is 7.58. The lowest BCUT2D eigenvalue weighted by Crippen LogP contribution is -2.54. The lowest BCUT2D eigenvalue weighted by atomic mass is 9.75. The van der Waals surface area contributed by atoms with Crippen molar-refractivity contribution >= 4 is 46.4 Å². The van der Waals surface area contributed by atoms with Crippen LogP contribution in [0.1, 0.15) is 24.0 Å². The molecule has 3 amide bonds. The normalized spacial score (nSPS) is 30.1. The first-order chi connectivity index (χ1) is 15.8. The highest BCUT2D eigenvalue weighted by Gasteiger charge is 2.74. The molecule has 0 saturated carbocycles. The summed E-state index contributed by atoms with van der Waals surface area (Å²) in [6.45, 7) is 2.46. The van der Waals surface area contributed by atoms with Gasteiger partial charge in [-0.05, 0) is 56.1 Å². The molecule has 0 bridgehead atoms. The number of amides is 3. The molecule has 0 radical (unpaired) electrons. The zero-order valence-corrected chi connectivity index (χ0v) is 18.3. The Morgan fingerprint density at radius 1 is 1.15 bits per heavy atom. The third kappa shape index (κ3) is 2.38. The third-order valence-corrected chi connectivity index (χ3v) is 7.80. The topological polar surface area (TPSA) is 113 Å². The molecule has 1 spiro atoms. The largest absolute Gasteiger partial charge is 0.324 e. The van der Waals surface area contributed by atoms with E-state index in [0.717, 1.165) is 16.9 Å². The van der Waals surface area contributed by atoms with E-state index in [1.807, 2.05) is 11.8 Å². The highest BCUT2D eigenvalue weighted by molar-refractivity contribution is 6.31. The fraction of sp³-hybridized carbons (Fsp3) is 0.348. The maximum Gasteiger partial charge on any atom is 0.269 e. The lowest BCUT2D eigenvalue weighted by molar-refractivity contribution is -0.384. The summed E-state index contributed by atoms with van der Waals surface area (Å²) in [6, 6.07) is 8.58. The number of non-ortho nitro benzene ring substituents is 1. The molecular weight excluding hydrogens is 448 g/mol. The van der Waals surface area contributed by atoms with Gasteiger partial charge in [0, 0.05) is 34.4 Å². The number of anilines is 2. The molecule has 3 fully saturated rings. The van der Waals surface area contributed by atoms with Crippen LogP contribution in [0.4, 0.5) is 17.1 Å². The van der Waals surface area contributed by atoms with Gasteiger partial charge in [0.25, 0.3) is 5.69 Å². The Morgan fingerprint density at radius 2 is 1.88 bits per heavy atom. The number of benzene rings is 2. The van der Waals surface area contributed by atoms with E-state index in [1.165, 1.54) is 24.3 Å². The summed E-state index contributed by atoms with van der Waals surface area (Å²) in [7, 11) is 0. The average Bonchev–Trinajstić information content (AvgIpc) is 3.47. The van der Waals surface area contributed by atoms with E-state index in [-0.39, 0.29) is 29.2 Å². The van der Waals surface area contributed by atoms with E-state index in [2.05, 4.69) is 5.32 Å². The summed E-state index contributed by atoms with van der Waals surface area (Å²) >= 11 is 6.38. The van der Waals surface area contributed by atoms with Crippen LogP contribution in [0.3, 0.4) is 0 Å². The highest BCUT2D eigenvalue weighted by atomic mass is 35.5. The molecule has 4 aliphatic heterocycles. The highest BCUT2D eigenvalue weighted by Crippen LogP contribution is 2.61. The summed E-state index contributed by atoms with van der Waals surface area (Å²) < 4.78 is 0. The predicted octanol–water partition coefficient (Wildman–Crippen LogP) is 2.99. The summed E-state index contributed by atoms with van der Waals surface area (Å²) in [5, 5.41) is 14.4. The van der Waals surface area contributed by atoms with Gasteiger partial charge in [0.1, 0.15) is 5.54 Å². The molecule has 0 aliphatic carbocycles. The molecule has 3 saturated heterocycles. The number of imide groups is 1. The molecule has 168 valence electrons. The molecular formula is C23H19ClN4O5. The Kier molecular flexibility index (Phi) is 4.07. The predicted molar refractivity (Wildman–Crippen MR) is 119 cm³/mol. The van der Waals surface area contributed by atoms with E-state index in [1.54, 1.807) is 12.1 Å². The maximum absolute atomic E-state index is 13.9. The quantitative estimate of drug-likeness (QED) is 0.413. The van der Waals surface area contributed by atoms with Crippen molar-refractivity contribution in [3.8, 4) is 0 Å². The molecule has 2 aromatic carbocycles. The summed E-state index contributed by atoms with van der Waals surface area (Å²) in [5.41, 5.74) is 0.912. The number of hydrogen-bond donors (Lipinski definition) is 1. The lowest BCUT2D eigenvalue weighted by Gasteiger charge is -2.36. The Morgan fingerprint density at radius 3 is 2.58 bits per heavy atom. The van der Waals surface area contributed by atoms with Gasteiger partial charge in [-0.3, -0.25) is 29.4 Å². The van der Waals surface area contributed by atoms with Crippen LogP contribution in [0.5, 0.6) is 0 Å². The van der Waals surface area contributed by atoms with Crippen LogP contribution < -0.4 is 10.2 Å². The fourth-order valence-corrected chi connectivity index (χ4v) is 6.69. The van der Waals surface area contributed by atoms with Crippen molar-refractivity contribution in [2.75, 3.05) is 16.8 Å². The minimum absolute atomic E-state index is 0.134. The number of nitro groups is 1. The van der Waals surface area contributed by atoms with Crippen LogP contribution in [0.25, 0.3) is 0 Å². The van der Waals surface area contributed by atoms with Crippen molar-refractivity contribution < 1.29 is 19.3 Å². The minimum Gasteiger partial charge on any atom is -0.324 e. The van der Waals surface area contributed by atoms with Gasteiger partial charge in [-0.2, -0.15) is 0 Å². The summed E-state index contributed by atoms with van der Waals surface area (Å²) in [5.74, 6) is -2.72. The number of rotatable bonds is 2. The molecule has 0 unspecified atom stereocenters. The van der Waals surface area contributed by atoms with Crippen molar-refractivity contribution in [1.29, 1.82) is 0 Å². The number of nitrogens with one attached hydrogen (secondary N) is 1. The molecule has 2 aromatic rings. The number of carbonyl (C=O) groups is 3. The van der Waals surface area contributed by atoms with Gasteiger partial charge in [0.2, 0.25) is 17.7 Å². The van der Waals surface area contributed by atoms with Gasteiger partial charge in [0.05, 0.1) is 22.4 Å². The monoisotopic (exact) mass is 466 g/mol. The number of nitro benzene ring substituents is 1. The number of nitrogens with zero attached hydrogens (tertiary/aromatic N) is 3. The van der Waals surface area contributed by atoms with Crippen molar-refractivity contribution in [3.05, 3.63) is 62.7 Å². The summed E-state index contributed by atoms with van der Waals surface area (Å²) in [4.78, 5) is 54.8. The van der Waals surface area contributed by atoms with Crippen LogP contribution in [0.2, 0.25) is 5.02 Å². The van der Waals surface area contributed by atoms with E-state index in [9.17, 15) is 24.5 Å². The second kappa shape index (κ2) is 6.61. The molecule has 4 aliphatic rings. The zero-order valence-electron chi connectivity index (χ0n) is 17.6. The Bertz CT molecular complexity index is 1280. The van der Waals surface area contributed by atoms with Crippen molar-refractivity contribution in [2.45, 2.75) is 31.3 Å². The number of aryl methyl sites for hydroxylation is 1. The van der Waals surface area contributed by atoms with Crippen molar-refractivity contribution in [3.63, 3.8) is 0 Å². The molecule has 33 heavy (non-hydrogen) atoms. The second-order valence-corrected chi connectivity index (χ2v) is 9.49.